The molecular weight excluding hydrogens is 327 g/mol. The lowest BCUT2D eigenvalue weighted by atomic mass is 10.1. The van der Waals surface area contributed by atoms with Crippen LogP contribution in [0.5, 0.6) is 0 Å². The molecule has 0 saturated carbocycles. The van der Waals surface area contributed by atoms with E-state index in [2.05, 4.69) is 4.98 Å². The number of ketones is 1. The zero-order valence-electron chi connectivity index (χ0n) is 14.3. The number of nitrogens with one attached hydrogen (secondary N) is 2. The zero-order valence-corrected chi connectivity index (χ0v) is 14.3. The molecule has 1 aromatic heterocycles. The molecule has 25 heavy (non-hydrogen) atoms. The first-order chi connectivity index (χ1) is 11.8. The molecule has 134 valence electrons. The first-order valence-corrected chi connectivity index (χ1v) is 8.05. The highest BCUT2D eigenvalue weighted by molar-refractivity contribution is 6.00. The van der Waals surface area contributed by atoms with Crippen LogP contribution in [0.25, 0.3) is 0 Å². The van der Waals surface area contributed by atoms with Crippen molar-refractivity contribution in [3.63, 3.8) is 0 Å². The Kier molecular flexibility index (Phi) is 5.87. The van der Waals surface area contributed by atoms with Gasteiger partial charge in [0.1, 0.15) is 30.3 Å². The summed E-state index contributed by atoms with van der Waals surface area (Å²) in [6.45, 7) is 2.39. The number of nitrogens with two attached hydrogens (primary N) is 1. The van der Waals surface area contributed by atoms with E-state index in [9.17, 15) is 18.8 Å². The molecule has 1 atom stereocenters. The Morgan fingerprint density at radius 1 is 1.32 bits per heavy atom. The number of H-pyrrole nitrogens is 1. The standard InChI is InChI=1S/C17H21FN4O3/c1-3-8-22-15(19)14(16(24)20-17(22)25)13(23)10-21(2)9-11-6-4-5-7-12(11)18/h4-7H,3,8-10,19H2,1-2H3,(H,20,24,25)/p+1. The van der Waals surface area contributed by atoms with Crippen LogP contribution >= 0.6 is 0 Å². The fraction of sp³-hybridized carbons (Fsp3) is 0.353. The highest BCUT2D eigenvalue weighted by Gasteiger charge is 2.22. The van der Waals surface area contributed by atoms with Gasteiger partial charge in [0.05, 0.1) is 7.05 Å². The van der Waals surface area contributed by atoms with Crippen LogP contribution in [0.4, 0.5) is 10.2 Å². The molecule has 0 radical (unpaired) electrons. The van der Waals surface area contributed by atoms with Gasteiger partial charge in [0.25, 0.3) is 5.56 Å². The lowest BCUT2D eigenvalue weighted by molar-refractivity contribution is -0.885. The first-order valence-electron chi connectivity index (χ1n) is 8.05. The Labute approximate surface area is 143 Å². The fourth-order valence-corrected chi connectivity index (χ4v) is 2.69. The van der Waals surface area contributed by atoms with Gasteiger partial charge in [-0.15, -0.1) is 0 Å². The molecule has 1 unspecified atom stereocenters. The van der Waals surface area contributed by atoms with Crippen molar-refractivity contribution < 1.29 is 14.1 Å². The number of halogens is 1. The summed E-state index contributed by atoms with van der Waals surface area (Å²) in [5.74, 6) is -0.958. The Morgan fingerprint density at radius 2 is 2.00 bits per heavy atom. The topological polar surface area (TPSA) is 102 Å². The SMILES string of the molecule is CCCn1c(N)c(C(=O)C[NH+](C)Cc2ccccc2F)c(=O)[nH]c1=O. The third-order valence-electron chi connectivity index (χ3n) is 3.88. The summed E-state index contributed by atoms with van der Waals surface area (Å²) in [6.07, 6.45) is 0.627. The number of carbonyl (C=O) groups is 1. The predicted molar refractivity (Wildman–Crippen MR) is 92.2 cm³/mol. The van der Waals surface area contributed by atoms with Gasteiger partial charge < -0.3 is 10.6 Å². The van der Waals surface area contributed by atoms with Crippen molar-refractivity contribution in [2.24, 2.45) is 0 Å². The minimum atomic E-state index is -0.793. The summed E-state index contributed by atoms with van der Waals surface area (Å²) in [5.41, 5.74) is 4.71. The Balaban J connectivity index is 2.23. The first kappa shape index (κ1) is 18.6. The monoisotopic (exact) mass is 349 g/mol. The molecular formula is C17H22FN4O3+. The maximum atomic E-state index is 13.7. The van der Waals surface area contributed by atoms with Crippen LogP contribution in [0.15, 0.2) is 33.9 Å². The van der Waals surface area contributed by atoms with Crippen LogP contribution in [-0.4, -0.2) is 28.9 Å². The average Bonchev–Trinajstić information content (AvgIpc) is 2.53. The zero-order chi connectivity index (χ0) is 18.6. The molecule has 1 heterocycles. The maximum absolute atomic E-state index is 13.7. The van der Waals surface area contributed by atoms with Crippen LogP contribution in [0.1, 0.15) is 29.3 Å². The minimum absolute atomic E-state index is 0.0497. The van der Waals surface area contributed by atoms with Crippen LogP contribution in [-0.2, 0) is 13.1 Å². The van der Waals surface area contributed by atoms with Gasteiger partial charge in [0.15, 0.2) is 0 Å². The lowest BCUT2D eigenvalue weighted by Gasteiger charge is -2.15. The van der Waals surface area contributed by atoms with Crippen molar-refractivity contribution in [1.82, 2.24) is 9.55 Å². The molecule has 0 saturated heterocycles. The van der Waals surface area contributed by atoms with Gasteiger partial charge in [-0.05, 0) is 12.5 Å². The van der Waals surface area contributed by atoms with Crippen molar-refractivity contribution in [3.05, 3.63) is 62.0 Å². The highest BCUT2D eigenvalue weighted by atomic mass is 19.1. The maximum Gasteiger partial charge on any atom is 0.329 e. The number of carbonyl (C=O) groups excluding carboxylic acids is 1. The molecule has 0 aliphatic rings. The van der Waals surface area contributed by atoms with Gasteiger partial charge in [-0.3, -0.25) is 19.1 Å². The molecule has 2 aromatic rings. The summed E-state index contributed by atoms with van der Waals surface area (Å²) < 4.78 is 14.9. The van der Waals surface area contributed by atoms with E-state index in [1.165, 1.54) is 10.6 Å². The summed E-state index contributed by atoms with van der Waals surface area (Å²) in [5, 5.41) is 0. The number of quaternary nitrogens is 1. The van der Waals surface area contributed by atoms with Crippen LogP contribution in [0, 0.1) is 5.82 Å². The number of Topliss-reactive ketones (excluding diaryl/α,β-unsaturated/α-hetero) is 1. The highest BCUT2D eigenvalue weighted by Crippen LogP contribution is 2.06. The molecule has 4 N–H and O–H groups in total. The van der Waals surface area contributed by atoms with Gasteiger partial charge in [0, 0.05) is 12.1 Å². The van der Waals surface area contributed by atoms with Gasteiger partial charge in [-0.1, -0.05) is 25.1 Å². The average molecular weight is 349 g/mol. The molecule has 0 fully saturated rings. The van der Waals surface area contributed by atoms with Gasteiger partial charge >= 0.3 is 5.69 Å². The van der Waals surface area contributed by atoms with Crippen molar-refractivity contribution >= 4 is 11.6 Å². The van der Waals surface area contributed by atoms with Crippen molar-refractivity contribution in [2.75, 3.05) is 19.3 Å². The van der Waals surface area contributed by atoms with Crippen LogP contribution in [0.2, 0.25) is 0 Å². The van der Waals surface area contributed by atoms with E-state index < -0.39 is 17.0 Å². The van der Waals surface area contributed by atoms with E-state index in [1.807, 2.05) is 6.92 Å². The van der Waals surface area contributed by atoms with Gasteiger partial charge in [-0.2, -0.15) is 0 Å². The summed E-state index contributed by atoms with van der Waals surface area (Å²) in [4.78, 5) is 39.1. The predicted octanol–water partition coefficient (Wildman–Crippen LogP) is -0.434. The quantitative estimate of drug-likeness (QED) is 0.590. The van der Waals surface area contributed by atoms with Crippen molar-refractivity contribution in [2.45, 2.75) is 26.4 Å². The van der Waals surface area contributed by atoms with Crippen molar-refractivity contribution in [3.8, 4) is 0 Å². The minimum Gasteiger partial charge on any atom is -0.384 e. The number of hydrogen-bond donors (Lipinski definition) is 3. The van der Waals surface area contributed by atoms with E-state index in [0.29, 0.717) is 23.4 Å². The number of likely N-dealkylation sites (N-methyl/N-ethyl adjacent to an activating group) is 1. The molecule has 0 bridgehead atoms. The fourth-order valence-electron chi connectivity index (χ4n) is 2.69. The number of nitrogens with zero attached hydrogens (tertiary/aromatic N) is 1. The van der Waals surface area contributed by atoms with E-state index >= 15 is 0 Å². The summed E-state index contributed by atoms with van der Waals surface area (Å²) in [7, 11) is 1.72. The van der Waals surface area contributed by atoms with E-state index in [-0.39, 0.29) is 30.3 Å². The molecule has 0 aliphatic heterocycles. The third kappa shape index (κ3) is 4.21. The van der Waals surface area contributed by atoms with Crippen LogP contribution < -0.4 is 21.9 Å². The molecule has 1 aromatic carbocycles. The number of rotatable bonds is 7. The molecule has 7 nitrogen and oxygen atoms in total. The smallest absolute Gasteiger partial charge is 0.329 e. The molecule has 0 aliphatic carbocycles. The molecule has 2 rings (SSSR count). The van der Waals surface area contributed by atoms with Crippen molar-refractivity contribution in [1.29, 1.82) is 0 Å². The number of aromatic nitrogens is 2. The number of benzene rings is 1. The largest absolute Gasteiger partial charge is 0.384 e. The normalized spacial score (nSPS) is 12.1. The number of hydrogen-bond acceptors (Lipinski definition) is 4. The molecule has 0 spiro atoms. The van der Waals surface area contributed by atoms with E-state index in [0.717, 1.165) is 0 Å². The third-order valence-corrected chi connectivity index (χ3v) is 3.88. The molecule has 8 heteroatoms. The number of aromatic amines is 1. The van der Waals surface area contributed by atoms with Gasteiger partial charge in [0.2, 0.25) is 5.78 Å². The second-order valence-electron chi connectivity index (χ2n) is 6.00. The number of anilines is 1. The number of nitrogen functional groups attached to an aromatic ring is 1. The summed E-state index contributed by atoms with van der Waals surface area (Å²) >= 11 is 0. The Morgan fingerprint density at radius 3 is 2.64 bits per heavy atom. The second kappa shape index (κ2) is 7.89. The molecule has 0 amide bonds. The van der Waals surface area contributed by atoms with E-state index in [1.54, 1.807) is 25.2 Å². The van der Waals surface area contributed by atoms with Gasteiger partial charge in [-0.25, -0.2) is 9.18 Å². The summed E-state index contributed by atoms with van der Waals surface area (Å²) in [6, 6.07) is 6.31. The Hall–Kier alpha value is -2.74. The second-order valence-corrected chi connectivity index (χ2v) is 6.00. The van der Waals surface area contributed by atoms with Crippen LogP contribution in [0.3, 0.4) is 0 Å². The van der Waals surface area contributed by atoms with E-state index in [4.69, 9.17) is 5.73 Å². The lowest BCUT2D eigenvalue weighted by Crippen LogP contribution is -3.08. The Bertz CT molecular complexity index is 888.